The maximum absolute atomic E-state index is 14.7. The molecule has 12 heteroatoms. The minimum atomic E-state index is -3.72. The molecular formula is C68H68N2O4S6. The molecular weight excluding hydrogens is 1100 g/mol. The van der Waals surface area contributed by atoms with Gasteiger partial charge in [-0.05, 0) is 133 Å². The molecule has 10 rings (SSSR count). The van der Waals surface area contributed by atoms with E-state index in [0.717, 1.165) is 139 Å². The zero-order valence-corrected chi connectivity index (χ0v) is 50.4. The molecule has 10 aromatic rings. The summed E-state index contributed by atoms with van der Waals surface area (Å²) in [7, 11) is -7.44. The average molecular weight is 1170 g/mol. The molecule has 0 saturated carbocycles. The molecule has 0 radical (unpaired) electrons. The molecule has 0 aliphatic rings. The highest BCUT2D eigenvalue weighted by Gasteiger charge is 2.29. The largest absolute Gasteiger partial charge is 0.311 e. The van der Waals surface area contributed by atoms with Crippen LogP contribution in [0, 0.1) is 0 Å². The number of anilines is 6. The Morgan fingerprint density at radius 1 is 0.300 bits per heavy atom. The lowest BCUT2D eigenvalue weighted by molar-refractivity contribution is 0.583. The number of benzene rings is 6. The summed E-state index contributed by atoms with van der Waals surface area (Å²) in [5.41, 5.74) is 8.37. The van der Waals surface area contributed by atoms with Crippen LogP contribution in [-0.4, -0.2) is 28.3 Å². The van der Waals surface area contributed by atoms with Gasteiger partial charge in [-0.25, -0.2) is 16.8 Å². The van der Waals surface area contributed by atoms with Crippen molar-refractivity contribution in [2.24, 2.45) is 0 Å². The number of para-hydroxylation sites is 4. The predicted molar refractivity (Wildman–Crippen MR) is 345 cm³/mol. The number of hydrogen-bond acceptors (Lipinski definition) is 10. The van der Waals surface area contributed by atoms with Crippen molar-refractivity contribution in [2.75, 3.05) is 21.3 Å². The third kappa shape index (κ3) is 13.7. The summed E-state index contributed by atoms with van der Waals surface area (Å²) >= 11 is 6.08. The molecule has 4 heterocycles. The van der Waals surface area contributed by atoms with Gasteiger partial charge in [0.15, 0.2) is 19.7 Å². The zero-order valence-electron chi connectivity index (χ0n) is 45.5. The van der Waals surface area contributed by atoms with Gasteiger partial charge < -0.3 is 9.80 Å². The molecule has 80 heavy (non-hydrogen) atoms. The van der Waals surface area contributed by atoms with E-state index >= 15 is 0 Å². The van der Waals surface area contributed by atoms with Gasteiger partial charge in [0.25, 0.3) is 0 Å². The van der Waals surface area contributed by atoms with Gasteiger partial charge in [0, 0.05) is 63.4 Å². The lowest BCUT2D eigenvalue weighted by Crippen LogP contribution is -2.09. The van der Waals surface area contributed by atoms with E-state index in [1.807, 2.05) is 97.1 Å². The SMILES string of the molecule is CCCCCCCCS(=O)(=O)c1cc(-c2cc(S(=O)(=O)CCCCCCCC)c(-c3ccc(-c4ccc(N(c5ccccc5)c5ccccc5)cc4)s3)s2)sc1-c1ccc(-c2ccc(N(c3ccccc3)c3ccccc3)cc2)s1. The second-order valence-electron chi connectivity index (χ2n) is 20.2. The topological polar surface area (TPSA) is 74.8 Å². The quantitative estimate of drug-likeness (QED) is 0.0478. The first kappa shape index (κ1) is 56.9. The first-order valence-corrected chi connectivity index (χ1v) is 34.6. The van der Waals surface area contributed by atoms with Crippen molar-refractivity contribution in [3.05, 3.63) is 206 Å². The molecule has 410 valence electrons. The van der Waals surface area contributed by atoms with Crippen LogP contribution in [-0.2, 0) is 19.7 Å². The Morgan fingerprint density at radius 2 is 0.588 bits per heavy atom. The van der Waals surface area contributed by atoms with Gasteiger partial charge in [-0.3, -0.25) is 0 Å². The second kappa shape index (κ2) is 26.9. The highest BCUT2D eigenvalue weighted by Crippen LogP contribution is 2.51. The molecule has 6 nitrogen and oxygen atoms in total. The van der Waals surface area contributed by atoms with Gasteiger partial charge in [0.05, 0.1) is 31.1 Å². The Bertz CT molecular complexity index is 3450. The molecule has 0 aliphatic heterocycles. The van der Waals surface area contributed by atoms with Gasteiger partial charge in [-0.15, -0.1) is 45.3 Å². The summed E-state index contributed by atoms with van der Waals surface area (Å²) in [6, 6.07) is 70.4. The fourth-order valence-corrected chi connectivity index (χ4v) is 18.9. The van der Waals surface area contributed by atoms with Gasteiger partial charge in [0.1, 0.15) is 0 Å². The summed E-state index contributed by atoms with van der Waals surface area (Å²) in [6.45, 7) is 4.37. The summed E-state index contributed by atoms with van der Waals surface area (Å²) in [5.74, 6) is 0.120. The maximum Gasteiger partial charge on any atom is 0.179 e. The molecule has 0 bridgehead atoms. The lowest BCUT2D eigenvalue weighted by atomic mass is 10.1. The molecule has 6 aromatic carbocycles. The maximum atomic E-state index is 14.7. The van der Waals surface area contributed by atoms with Crippen LogP contribution in [0.4, 0.5) is 34.1 Å². The van der Waals surface area contributed by atoms with Gasteiger partial charge >= 0.3 is 0 Å². The molecule has 0 fully saturated rings. The molecule has 0 N–H and O–H groups in total. The Hall–Kier alpha value is -6.38. The molecule has 0 aliphatic carbocycles. The van der Waals surface area contributed by atoms with E-state index < -0.39 is 19.7 Å². The van der Waals surface area contributed by atoms with Gasteiger partial charge in [-0.1, -0.05) is 175 Å². The molecule has 4 aromatic heterocycles. The number of thiophene rings is 4. The van der Waals surface area contributed by atoms with E-state index in [4.69, 9.17) is 0 Å². The smallest absolute Gasteiger partial charge is 0.179 e. The third-order valence-corrected chi connectivity index (χ3v) is 23.4. The summed E-state index contributed by atoms with van der Waals surface area (Å²) in [6.07, 6.45) is 11.7. The van der Waals surface area contributed by atoms with Crippen LogP contribution in [0.5, 0.6) is 0 Å². The van der Waals surface area contributed by atoms with E-state index in [9.17, 15) is 16.8 Å². The average Bonchev–Trinajstić information content (AvgIpc) is 4.37. The standard InChI is InChI=1S/C68H68N2O4S6/c1-3-5-7-9-11-25-47-79(71,72)65-49-63(77-67(65)61-45-43-59(75-61)51-35-39-57(40-36-51)69(53-27-17-13-18-28-53)54-29-19-14-20-30-54)64-50-66(80(73,74)48-26-12-10-8-6-4-2)68(78-64)62-46-44-60(76-62)52-37-41-58(42-38-52)70(55-31-21-15-22-32-55)56-33-23-16-24-34-56/h13-24,27-46,49-50H,3-12,25-26,47-48H2,1-2H3. The minimum absolute atomic E-state index is 0.0599. The Morgan fingerprint density at radius 3 is 0.912 bits per heavy atom. The Labute approximate surface area is 490 Å². The van der Waals surface area contributed by atoms with Crippen molar-refractivity contribution in [3.8, 4) is 50.1 Å². The van der Waals surface area contributed by atoms with Crippen LogP contribution in [0.1, 0.15) is 90.9 Å². The number of hydrogen-bond donors (Lipinski definition) is 0. The van der Waals surface area contributed by atoms with E-state index in [2.05, 4.69) is 133 Å². The monoisotopic (exact) mass is 1170 g/mol. The predicted octanol–water partition coefficient (Wildman–Crippen LogP) is 21.5. The molecule has 0 unspecified atom stereocenters. The van der Waals surface area contributed by atoms with Crippen LogP contribution in [0.3, 0.4) is 0 Å². The van der Waals surface area contributed by atoms with Crippen LogP contribution < -0.4 is 9.80 Å². The van der Waals surface area contributed by atoms with Crippen molar-refractivity contribution in [1.82, 2.24) is 0 Å². The molecule has 0 amide bonds. The molecule has 0 saturated heterocycles. The van der Waals surface area contributed by atoms with Crippen LogP contribution in [0.15, 0.2) is 216 Å². The minimum Gasteiger partial charge on any atom is -0.311 e. The summed E-state index contributed by atoms with van der Waals surface area (Å²) < 4.78 is 58.8. The summed E-state index contributed by atoms with van der Waals surface area (Å²) in [4.78, 5) is 11.8. The fraction of sp³-hybridized carbons (Fsp3) is 0.235. The van der Waals surface area contributed by atoms with Crippen molar-refractivity contribution < 1.29 is 16.8 Å². The van der Waals surface area contributed by atoms with Crippen molar-refractivity contribution >= 4 is 99.1 Å². The van der Waals surface area contributed by atoms with Crippen LogP contribution >= 0.6 is 45.3 Å². The van der Waals surface area contributed by atoms with Crippen molar-refractivity contribution in [3.63, 3.8) is 0 Å². The number of rotatable bonds is 27. The second-order valence-corrected chi connectivity index (χ2v) is 28.6. The lowest BCUT2D eigenvalue weighted by Gasteiger charge is -2.25. The third-order valence-electron chi connectivity index (χ3n) is 14.4. The summed E-state index contributed by atoms with van der Waals surface area (Å²) in [5, 5.41) is 0. The van der Waals surface area contributed by atoms with Crippen LogP contribution in [0.2, 0.25) is 0 Å². The fourth-order valence-electron chi connectivity index (χ4n) is 10.1. The number of nitrogens with zero attached hydrogens (tertiary/aromatic N) is 2. The first-order valence-electron chi connectivity index (χ1n) is 28.1. The first-order chi connectivity index (χ1) is 39.1. The van der Waals surface area contributed by atoms with Gasteiger partial charge in [0.2, 0.25) is 0 Å². The normalized spacial score (nSPS) is 11.8. The van der Waals surface area contributed by atoms with E-state index in [-0.39, 0.29) is 11.5 Å². The zero-order chi connectivity index (χ0) is 55.3. The highest BCUT2D eigenvalue weighted by molar-refractivity contribution is 7.92. The van der Waals surface area contributed by atoms with Gasteiger partial charge in [-0.2, -0.15) is 0 Å². The number of sulfone groups is 2. The van der Waals surface area contributed by atoms with E-state index in [0.29, 0.717) is 32.4 Å². The molecule has 0 atom stereocenters. The highest BCUT2D eigenvalue weighted by atomic mass is 32.2. The molecule has 0 spiro atoms. The van der Waals surface area contributed by atoms with Crippen molar-refractivity contribution in [2.45, 2.75) is 101 Å². The van der Waals surface area contributed by atoms with Crippen LogP contribution in [0.25, 0.3) is 50.1 Å². The Balaban J connectivity index is 0.993. The van der Waals surface area contributed by atoms with E-state index in [1.165, 1.54) is 22.7 Å². The van der Waals surface area contributed by atoms with Crippen molar-refractivity contribution in [1.29, 1.82) is 0 Å². The number of unbranched alkanes of at least 4 members (excludes halogenated alkanes) is 10. The Kier molecular flexibility index (Phi) is 19.1. The van der Waals surface area contributed by atoms with E-state index in [1.54, 1.807) is 22.7 Å².